The van der Waals surface area contributed by atoms with E-state index in [1.807, 2.05) is 0 Å². The molecule has 0 aromatic carbocycles. The minimum Gasteiger partial charge on any atom is -0.395 e. The van der Waals surface area contributed by atoms with Crippen LogP contribution in [0.3, 0.4) is 0 Å². The Morgan fingerprint density at radius 3 is 2.33 bits per heavy atom. The Balaban J connectivity index is 4.55. The van der Waals surface area contributed by atoms with Gasteiger partial charge in [-0.3, -0.25) is 9.69 Å². The van der Waals surface area contributed by atoms with Crippen LogP contribution >= 0.6 is 0 Å². The number of nitrogens with zero attached hydrogens (tertiary/aromatic N) is 1. The first-order valence-corrected chi connectivity index (χ1v) is 4.52. The van der Waals surface area contributed by atoms with Crippen LogP contribution in [-0.2, 0) is 4.79 Å². The second-order valence-electron chi connectivity index (χ2n) is 3.14. The number of hydrogen-bond acceptors (Lipinski definition) is 3. The Kier molecular flexibility index (Phi) is 5.59. The monoisotopic (exact) mass is 228 g/mol. The lowest BCUT2D eigenvalue weighted by molar-refractivity contribution is -0.155. The summed E-state index contributed by atoms with van der Waals surface area (Å²) >= 11 is 0. The average Bonchev–Trinajstić information content (AvgIpc) is 2.01. The van der Waals surface area contributed by atoms with Gasteiger partial charge in [0, 0.05) is 6.54 Å². The van der Waals surface area contributed by atoms with E-state index in [1.54, 1.807) is 6.92 Å². The van der Waals surface area contributed by atoms with Crippen LogP contribution in [0.1, 0.15) is 13.3 Å². The SMILES string of the molecule is CCC(C(N)=O)N(CCO)CC(F)(F)F. The molecule has 0 heterocycles. The smallest absolute Gasteiger partial charge is 0.395 e. The fourth-order valence-corrected chi connectivity index (χ4v) is 1.34. The van der Waals surface area contributed by atoms with E-state index in [9.17, 15) is 18.0 Å². The van der Waals surface area contributed by atoms with Crippen molar-refractivity contribution in [3.63, 3.8) is 0 Å². The number of carbonyl (C=O) groups excluding carboxylic acids is 1. The molecule has 0 radical (unpaired) electrons. The van der Waals surface area contributed by atoms with Crippen molar-refractivity contribution in [2.45, 2.75) is 25.6 Å². The van der Waals surface area contributed by atoms with Gasteiger partial charge in [-0.25, -0.2) is 0 Å². The van der Waals surface area contributed by atoms with Crippen LogP contribution in [0.25, 0.3) is 0 Å². The summed E-state index contributed by atoms with van der Waals surface area (Å²) < 4.78 is 36.3. The minimum absolute atomic E-state index is 0.186. The standard InChI is InChI=1S/C8H15F3N2O2/c1-2-6(7(12)15)13(3-4-14)5-8(9,10)11/h6,14H,2-5H2,1H3,(H2,12,15). The number of alkyl halides is 3. The van der Waals surface area contributed by atoms with Gasteiger partial charge in [0.15, 0.2) is 0 Å². The van der Waals surface area contributed by atoms with Gasteiger partial charge in [0.25, 0.3) is 0 Å². The third-order valence-corrected chi connectivity index (χ3v) is 1.93. The Morgan fingerprint density at radius 1 is 1.53 bits per heavy atom. The van der Waals surface area contributed by atoms with Crippen molar-refractivity contribution >= 4 is 5.91 Å². The van der Waals surface area contributed by atoms with Crippen molar-refractivity contribution in [1.82, 2.24) is 4.90 Å². The molecule has 4 nitrogen and oxygen atoms in total. The van der Waals surface area contributed by atoms with E-state index >= 15 is 0 Å². The van der Waals surface area contributed by atoms with Gasteiger partial charge in [0.05, 0.1) is 19.2 Å². The molecule has 0 aromatic rings. The van der Waals surface area contributed by atoms with Crippen LogP contribution in [0.15, 0.2) is 0 Å². The molecule has 0 aliphatic rings. The van der Waals surface area contributed by atoms with E-state index in [0.29, 0.717) is 0 Å². The molecule has 0 saturated heterocycles. The molecular weight excluding hydrogens is 213 g/mol. The van der Waals surface area contributed by atoms with Crippen molar-refractivity contribution in [2.75, 3.05) is 19.7 Å². The van der Waals surface area contributed by atoms with Crippen LogP contribution in [0, 0.1) is 0 Å². The quantitative estimate of drug-likeness (QED) is 0.678. The number of hydrogen-bond donors (Lipinski definition) is 2. The molecular formula is C8H15F3N2O2. The molecule has 0 spiro atoms. The van der Waals surface area contributed by atoms with E-state index < -0.39 is 31.3 Å². The highest BCUT2D eigenvalue weighted by Gasteiger charge is 2.34. The third kappa shape index (κ3) is 5.58. The lowest BCUT2D eigenvalue weighted by Crippen LogP contribution is -2.49. The second-order valence-corrected chi connectivity index (χ2v) is 3.14. The highest BCUT2D eigenvalue weighted by Crippen LogP contribution is 2.18. The maximum absolute atomic E-state index is 12.1. The first-order valence-electron chi connectivity index (χ1n) is 4.52. The van der Waals surface area contributed by atoms with E-state index in [2.05, 4.69) is 0 Å². The summed E-state index contributed by atoms with van der Waals surface area (Å²) in [6, 6.07) is -0.987. The van der Waals surface area contributed by atoms with Crippen molar-refractivity contribution in [2.24, 2.45) is 5.73 Å². The number of rotatable bonds is 6. The number of aliphatic hydroxyl groups excluding tert-OH is 1. The highest BCUT2D eigenvalue weighted by atomic mass is 19.4. The molecule has 1 unspecified atom stereocenters. The molecule has 0 rings (SSSR count). The second kappa shape index (κ2) is 5.92. The van der Waals surface area contributed by atoms with E-state index in [0.717, 1.165) is 4.90 Å². The summed E-state index contributed by atoms with van der Waals surface area (Å²) in [5, 5.41) is 8.60. The van der Waals surface area contributed by atoms with Crippen molar-refractivity contribution < 1.29 is 23.1 Å². The third-order valence-electron chi connectivity index (χ3n) is 1.93. The molecule has 0 aliphatic carbocycles. The Morgan fingerprint density at radius 2 is 2.07 bits per heavy atom. The number of nitrogens with two attached hydrogens (primary N) is 1. The van der Waals surface area contributed by atoms with Gasteiger partial charge < -0.3 is 10.8 Å². The zero-order valence-electron chi connectivity index (χ0n) is 8.42. The van der Waals surface area contributed by atoms with Crippen LogP contribution < -0.4 is 5.73 Å². The maximum Gasteiger partial charge on any atom is 0.401 e. The van der Waals surface area contributed by atoms with Crippen LogP contribution in [0.4, 0.5) is 13.2 Å². The Bertz CT molecular complexity index is 209. The molecule has 1 atom stereocenters. The summed E-state index contributed by atoms with van der Waals surface area (Å²) in [6.45, 7) is -0.341. The van der Waals surface area contributed by atoms with Gasteiger partial charge in [-0.05, 0) is 6.42 Å². The van der Waals surface area contributed by atoms with E-state index in [4.69, 9.17) is 10.8 Å². The molecule has 0 saturated carbocycles. The highest BCUT2D eigenvalue weighted by molar-refractivity contribution is 5.79. The Hall–Kier alpha value is -0.820. The first kappa shape index (κ1) is 14.2. The van der Waals surface area contributed by atoms with Gasteiger partial charge >= 0.3 is 6.18 Å². The first-order chi connectivity index (χ1) is 6.81. The fraction of sp³-hybridized carbons (Fsp3) is 0.875. The molecule has 0 aliphatic heterocycles. The van der Waals surface area contributed by atoms with Gasteiger partial charge in [0.2, 0.25) is 5.91 Å². The number of aliphatic hydroxyl groups is 1. The predicted octanol–water partition coefficient (Wildman–Crippen LogP) is 0.107. The molecule has 0 bridgehead atoms. The minimum atomic E-state index is -4.40. The van der Waals surface area contributed by atoms with Gasteiger partial charge in [-0.1, -0.05) is 6.92 Å². The largest absolute Gasteiger partial charge is 0.401 e. The van der Waals surface area contributed by atoms with Crippen LogP contribution in [0.2, 0.25) is 0 Å². The molecule has 0 fully saturated rings. The zero-order chi connectivity index (χ0) is 12.1. The molecule has 1 amide bonds. The van der Waals surface area contributed by atoms with Crippen molar-refractivity contribution in [3.8, 4) is 0 Å². The van der Waals surface area contributed by atoms with Crippen LogP contribution in [0.5, 0.6) is 0 Å². The van der Waals surface area contributed by atoms with E-state index in [1.165, 1.54) is 0 Å². The summed E-state index contributed by atoms with van der Waals surface area (Å²) in [7, 11) is 0. The molecule has 15 heavy (non-hydrogen) atoms. The number of carbonyl (C=O) groups is 1. The zero-order valence-corrected chi connectivity index (χ0v) is 8.42. The molecule has 3 N–H and O–H groups in total. The van der Waals surface area contributed by atoms with Crippen LogP contribution in [-0.4, -0.2) is 47.8 Å². The average molecular weight is 228 g/mol. The summed E-state index contributed by atoms with van der Waals surface area (Å²) in [4.78, 5) is 11.7. The normalized spacial score (nSPS) is 14.3. The summed E-state index contributed by atoms with van der Waals surface area (Å²) in [5.74, 6) is -0.810. The van der Waals surface area contributed by atoms with Crippen molar-refractivity contribution in [3.05, 3.63) is 0 Å². The fourth-order valence-electron chi connectivity index (χ4n) is 1.34. The van der Waals surface area contributed by atoms with Gasteiger partial charge in [0.1, 0.15) is 0 Å². The summed E-state index contributed by atoms with van der Waals surface area (Å²) in [6.07, 6.45) is -4.22. The number of amides is 1. The Labute approximate surface area is 85.8 Å². The lowest BCUT2D eigenvalue weighted by Gasteiger charge is -2.28. The maximum atomic E-state index is 12.1. The predicted molar refractivity (Wildman–Crippen MR) is 48.0 cm³/mol. The van der Waals surface area contributed by atoms with E-state index in [-0.39, 0.29) is 13.0 Å². The van der Waals surface area contributed by atoms with Gasteiger partial charge in [-0.2, -0.15) is 13.2 Å². The van der Waals surface area contributed by atoms with Gasteiger partial charge in [-0.15, -0.1) is 0 Å². The summed E-state index contributed by atoms with van der Waals surface area (Å²) in [5.41, 5.74) is 4.97. The number of halogens is 3. The molecule has 7 heteroatoms. The number of primary amides is 1. The molecule has 90 valence electrons. The topological polar surface area (TPSA) is 66.6 Å². The lowest BCUT2D eigenvalue weighted by atomic mass is 10.2. The molecule has 0 aromatic heterocycles. The van der Waals surface area contributed by atoms with Crippen molar-refractivity contribution in [1.29, 1.82) is 0 Å².